The summed E-state index contributed by atoms with van der Waals surface area (Å²) in [6.07, 6.45) is 2.84. The van der Waals surface area contributed by atoms with Crippen molar-refractivity contribution >= 4 is 46.8 Å². The highest BCUT2D eigenvalue weighted by Crippen LogP contribution is 2.19. The lowest BCUT2D eigenvalue weighted by Crippen LogP contribution is -2.20. The molecule has 4 nitrogen and oxygen atoms in total. The molecule has 124 valence electrons. The van der Waals surface area contributed by atoms with Crippen LogP contribution in [-0.4, -0.2) is 18.5 Å². The van der Waals surface area contributed by atoms with E-state index in [0.717, 1.165) is 11.1 Å². The number of rotatable bonds is 5. The predicted molar refractivity (Wildman–Crippen MR) is 96.3 cm³/mol. The van der Waals surface area contributed by atoms with E-state index < -0.39 is 11.9 Å². The van der Waals surface area contributed by atoms with E-state index in [1.165, 1.54) is 6.08 Å². The SMILES string of the molecule is Cc1cc(Cl)ccc1NC(=O)COC(=O)/C=C/c1ccc(Cl)cc1. The number of hydrogen-bond donors (Lipinski definition) is 1. The van der Waals surface area contributed by atoms with Gasteiger partial charge in [-0.05, 0) is 54.5 Å². The second kappa shape index (κ2) is 8.52. The van der Waals surface area contributed by atoms with Gasteiger partial charge in [0.1, 0.15) is 0 Å². The molecular formula is C18H15Cl2NO3. The van der Waals surface area contributed by atoms with Crippen LogP contribution < -0.4 is 5.32 Å². The first-order valence-corrected chi connectivity index (χ1v) is 7.86. The van der Waals surface area contributed by atoms with Gasteiger partial charge in [0.2, 0.25) is 0 Å². The van der Waals surface area contributed by atoms with Crippen molar-refractivity contribution in [2.75, 3.05) is 11.9 Å². The summed E-state index contributed by atoms with van der Waals surface area (Å²) in [5.41, 5.74) is 2.25. The lowest BCUT2D eigenvalue weighted by molar-refractivity contribution is -0.142. The smallest absolute Gasteiger partial charge is 0.331 e. The van der Waals surface area contributed by atoms with E-state index in [2.05, 4.69) is 5.32 Å². The van der Waals surface area contributed by atoms with Crippen molar-refractivity contribution in [3.63, 3.8) is 0 Å². The molecule has 0 atom stereocenters. The molecule has 1 amide bonds. The quantitative estimate of drug-likeness (QED) is 0.628. The zero-order valence-electron chi connectivity index (χ0n) is 12.9. The Bertz CT molecular complexity index is 770. The summed E-state index contributed by atoms with van der Waals surface area (Å²) in [5, 5.41) is 3.86. The largest absolute Gasteiger partial charge is 0.452 e. The Balaban J connectivity index is 1.82. The number of esters is 1. The first-order valence-electron chi connectivity index (χ1n) is 7.10. The Morgan fingerprint density at radius 3 is 2.42 bits per heavy atom. The average molecular weight is 364 g/mol. The number of amides is 1. The van der Waals surface area contributed by atoms with Crippen molar-refractivity contribution < 1.29 is 14.3 Å². The molecule has 0 radical (unpaired) electrons. The number of halogens is 2. The van der Waals surface area contributed by atoms with Crippen LogP contribution in [0.3, 0.4) is 0 Å². The van der Waals surface area contributed by atoms with Crippen molar-refractivity contribution in [3.8, 4) is 0 Å². The number of benzene rings is 2. The van der Waals surface area contributed by atoms with Gasteiger partial charge in [-0.1, -0.05) is 35.3 Å². The minimum absolute atomic E-state index is 0.369. The van der Waals surface area contributed by atoms with Crippen molar-refractivity contribution in [1.29, 1.82) is 0 Å². The minimum Gasteiger partial charge on any atom is -0.452 e. The predicted octanol–water partition coefficient (Wildman–Crippen LogP) is 4.50. The molecule has 2 aromatic rings. The Hall–Kier alpha value is -2.30. The summed E-state index contributed by atoms with van der Waals surface area (Å²) >= 11 is 11.6. The molecule has 0 saturated carbocycles. The summed E-state index contributed by atoms with van der Waals surface area (Å²) in [5.74, 6) is -1.03. The lowest BCUT2D eigenvalue weighted by Gasteiger charge is -2.08. The topological polar surface area (TPSA) is 55.4 Å². The maximum Gasteiger partial charge on any atom is 0.331 e. The van der Waals surface area contributed by atoms with Crippen molar-refractivity contribution in [2.45, 2.75) is 6.92 Å². The molecule has 2 aromatic carbocycles. The molecule has 1 N–H and O–H groups in total. The molecule has 2 rings (SSSR count). The van der Waals surface area contributed by atoms with Gasteiger partial charge in [0.15, 0.2) is 6.61 Å². The van der Waals surface area contributed by atoms with Crippen molar-refractivity contribution in [2.24, 2.45) is 0 Å². The second-order valence-electron chi connectivity index (χ2n) is 5.00. The highest BCUT2D eigenvalue weighted by molar-refractivity contribution is 6.31. The average Bonchev–Trinajstić information content (AvgIpc) is 2.55. The van der Waals surface area contributed by atoms with Gasteiger partial charge in [-0.3, -0.25) is 4.79 Å². The summed E-state index contributed by atoms with van der Waals surface area (Å²) in [6, 6.07) is 12.1. The van der Waals surface area contributed by atoms with Crippen LogP contribution in [0.2, 0.25) is 10.0 Å². The van der Waals surface area contributed by atoms with E-state index in [-0.39, 0.29) is 6.61 Å². The molecule has 24 heavy (non-hydrogen) atoms. The monoisotopic (exact) mass is 363 g/mol. The Morgan fingerprint density at radius 1 is 1.08 bits per heavy atom. The Labute approximate surface area is 150 Å². The van der Waals surface area contributed by atoms with Gasteiger partial charge in [-0.2, -0.15) is 0 Å². The first kappa shape index (κ1) is 18.0. The number of carbonyl (C=O) groups excluding carboxylic acids is 2. The second-order valence-corrected chi connectivity index (χ2v) is 5.87. The van der Waals surface area contributed by atoms with E-state index in [9.17, 15) is 9.59 Å². The summed E-state index contributed by atoms with van der Waals surface area (Å²) in [4.78, 5) is 23.4. The third-order valence-corrected chi connectivity index (χ3v) is 3.58. The summed E-state index contributed by atoms with van der Waals surface area (Å²) in [6.45, 7) is 1.45. The number of nitrogens with one attached hydrogen (secondary N) is 1. The van der Waals surface area contributed by atoms with Crippen LogP contribution in [-0.2, 0) is 14.3 Å². The Morgan fingerprint density at radius 2 is 1.75 bits per heavy atom. The molecule has 0 saturated heterocycles. The van der Waals surface area contributed by atoms with Crippen LogP contribution in [0.25, 0.3) is 6.08 Å². The van der Waals surface area contributed by atoms with E-state index in [0.29, 0.717) is 15.7 Å². The number of ether oxygens (including phenoxy) is 1. The molecule has 0 bridgehead atoms. The minimum atomic E-state index is -0.604. The highest BCUT2D eigenvalue weighted by atomic mass is 35.5. The first-order chi connectivity index (χ1) is 11.4. The molecule has 0 heterocycles. The maximum absolute atomic E-state index is 11.8. The molecule has 0 aliphatic rings. The van der Waals surface area contributed by atoms with Gasteiger partial charge in [-0.25, -0.2) is 4.79 Å². The van der Waals surface area contributed by atoms with Crippen LogP contribution >= 0.6 is 23.2 Å². The van der Waals surface area contributed by atoms with Crippen LogP contribution in [0, 0.1) is 6.92 Å². The standard InChI is InChI=1S/C18H15Cl2NO3/c1-12-10-15(20)7-8-16(12)21-17(22)11-24-18(23)9-4-13-2-5-14(19)6-3-13/h2-10H,11H2,1H3,(H,21,22)/b9-4+. The number of anilines is 1. The van der Waals surface area contributed by atoms with Gasteiger partial charge < -0.3 is 10.1 Å². The molecular weight excluding hydrogens is 349 g/mol. The number of carbonyl (C=O) groups is 2. The fourth-order valence-electron chi connectivity index (χ4n) is 1.88. The van der Waals surface area contributed by atoms with Crippen LogP contribution in [0.1, 0.15) is 11.1 Å². The number of aryl methyl sites for hydroxylation is 1. The van der Waals surface area contributed by atoms with Crippen LogP contribution in [0.4, 0.5) is 5.69 Å². The molecule has 0 aliphatic carbocycles. The maximum atomic E-state index is 11.8. The fourth-order valence-corrected chi connectivity index (χ4v) is 2.23. The van der Waals surface area contributed by atoms with Crippen molar-refractivity contribution in [1.82, 2.24) is 0 Å². The normalized spacial score (nSPS) is 10.6. The van der Waals surface area contributed by atoms with Gasteiger partial charge in [0.05, 0.1) is 0 Å². The molecule has 0 aromatic heterocycles. The van der Waals surface area contributed by atoms with Gasteiger partial charge in [-0.15, -0.1) is 0 Å². The molecule has 0 fully saturated rings. The third kappa shape index (κ3) is 5.72. The van der Waals surface area contributed by atoms with Gasteiger partial charge in [0, 0.05) is 21.8 Å². The van der Waals surface area contributed by atoms with Crippen LogP contribution in [0.15, 0.2) is 48.5 Å². The van der Waals surface area contributed by atoms with Crippen molar-refractivity contribution in [3.05, 3.63) is 69.7 Å². The number of hydrogen-bond acceptors (Lipinski definition) is 3. The van der Waals surface area contributed by atoms with E-state index in [4.69, 9.17) is 27.9 Å². The zero-order valence-corrected chi connectivity index (χ0v) is 14.4. The van der Waals surface area contributed by atoms with Gasteiger partial charge in [0.25, 0.3) is 5.91 Å². The molecule has 0 aliphatic heterocycles. The lowest BCUT2D eigenvalue weighted by atomic mass is 10.2. The van der Waals surface area contributed by atoms with Gasteiger partial charge >= 0.3 is 5.97 Å². The molecule has 0 unspecified atom stereocenters. The highest BCUT2D eigenvalue weighted by Gasteiger charge is 2.07. The zero-order chi connectivity index (χ0) is 17.5. The third-order valence-electron chi connectivity index (χ3n) is 3.09. The van der Waals surface area contributed by atoms with E-state index in [1.807, 2.05) is 6.92 Å². The van der Waals surface area contributed by atoms with Crippen LogP contribution in [0.5, 0.6) is 0 Å². The summed E-state index contributed by atoms with van der Waals surface area (Å²) in [7, 11) is 0. The molecule has 0 spiro atoms. The van der Waals surface area contributed by atoms with E-state index in [1.54, 1.807) is 48.5 Å². The Kier molecular flexibility index (Phi) is 6.41. The molecule has 6 heteroatoms. The fraction of sp³-hybridized carbons (Fsp3) is 0.111. The summed E-state index contributed by atoms with van der Waals surface area (Å²) < 4.78 is 4.90. The van der Waals surface area contributed by atoms with E-state index >= 15 is 0 Å².